The third kappa shape index (κ3) is 3.70. The van der Waals surface area contributed by atoms with Gasteiger partial charge in [0.25, 0.3) is 0 Å². The van der Waals surface area contributed by atoms with Crippen LogP contribution < -0.4 is 0 Å². The van der Waals surface area contributed by atoms with E-state index >= 15 is 0 Å². The molecule has 0 aromatic rings. The molecule has 19 heavy (non-hydrogen) atoms. The van der Waals surface area contributed by atoms with Gasteiger partial charge in [-0.25, -0.2) is 0 Å². The van der Waals surface area contributed by atoms with Crippen LogP contribution in [0.5, 0.6) is 0 Å². The van der Waals surface area contributed by atoms with Gasteiger partial charge < -0.3 is 4.74 Å². The molecule has 1 saturated heterocycles. The van der Waals surface area contributed by atoms with Crippen molar-refractivity contribution in [3.8, 4) is 0 Å². The normalized spacial score (nSPS) is 32.8. The van der Waals surface area contributed by atoms with E-state index in [0.29, 0.717) is 12.5 Å². The minimum absolute atomic E-state index is 0.119. The van der Waals surface area contributed by atoms with Crippen LogP contribution in [0.2, 0.25) is 0 Å². The lowest BCUT2D eigenvalue weighted by Gasteiger charge is -2.32. The van der Waals surface area contributed by atoms with Crippen LogP contribution in [-0.2, 0) is 4.74 Å². The molecular weight excluding hydrogens is 232 g/mol. The molecule has 2 unspecified atom stereocenters. The lowest BCUT2D eigenvalue weighted by Crippen LogP contribution is -2.30. The Balaban J connectivity index is 3.20. The van der Waals surface area contributed by atoms with E-state index in [0.717, 1.165) is 6.42 Å². The fourth-order valence-electron chi connectivity index (χ4n) is 2.63. The van der Waals surface area contributed by atoms with Crippen LogP contribution in [0.15, 0.2) is 48.1 Å². The van der Waals surface area contributed by atoms with Crippen LogP contribution in [0.4, 0.5) is 0 Å². The zero-order valence-corrected chi connectivity index (χ0v) is 13.1. The third-order valence-electron chi connectivity index (χ3n) is 4.35. The number of ether oxygens (including phenoxy) is 1. The van der Waals surface area contributed by atoms with Gasteiger partial charge in [0.2, 0.25) is 0 Å². The molecule has 1 heteroatoms. The Kier molecular flexibility index (Phi) is 5.37. The van der Waals surface area contributed by atoms with E-state index in [1.807, 2.05) is 6.08 Å². The summed E-state index contributed by atoms with van der Waals surface area (Å²) in [6.07, 6.45) is 7.28. The lowest BCUT2D eigenvalue weighted by atomic mass is 9.77. The van der Waals surface area contributed by atoms with Crippen molar-refractivity contribution in [2.24, 2.45) is 11.3 Å². The first-order valence-electron chi connectivity index (χ1n) is 7.11. The second-order valence-corrected chi connectivity index (χ2v) is 6.17. The van der Waals surface area contributed by atoms with Gasteiger partial charge >= 0.3 is 0 Å². The van der Waals surface area contributed by atoms with E-state index in [9.17, 15) is 0 Å². The molecule has 0 N–H and O–H groups in total. The largest absolute Gasteiger partial charge is 0.373 e. The first kappa shape index (κ1) is 16.0. The fraction of sp³-hybridized carbons (Fsp3) is 0.556. The molecule has 0 radical (unpaired) electrons. The highest BCUT2D eigenvalue weighted by Gasteiger charge is 2.31. The van der Waals surface area contributed by atoms with Crippen LogP contribution in [0.3, 0.4) is 0 Å². The second-order valence-electron chi connectivity index (χ2n) is 6.17. The molecule has 1 aliphatic rings. The van der Waals surface area contributed by atoms with E-state index in [4.69, 9.17) is 4.74 Å². The first-order chi connectivity index (χ1) is 8.83. The Morgan fingerprint density at radius 2 is 1.95 bits per heavy atom. The van der Waals surface area contributed by atoms with E-state index in [1.165, 1.54) is 16.7 Å². The van der Waals surface area contributed by atoms with Crippen molar-refractivity contribution in [2.45, 2.75) is 47.1 Å². The van der Waals surface area contributed by atoms with Gasteiger partial charge in [-0.15, -0.1) is 0 Å². The van der Waals surface area contributed by atoms with Gasteiger partial charge in [-0.1, -0.05) is 57.7 Å². The quantitative estimate of drug-likeness (QED) is 0.598. The molecule has 106 valence electrons. The van der Waals surface area contributed by atoms with Crippen LogP contribution >= 0.6 is 0 Å². The molecule has 0 bridgehead atoms. The predicted octanol–water partition coefficient (Wildman–Crippen LogP) is 5.07. The van der Waals surface area contributed by atoms with Crippen molar-refractivity contribution >= 4 is 0 Å². The van der Waals surface area contributed by atoms with E-state index in [1.54, 1.807) is 0 Å². The molecule has 1 aliphatic heterocycles. The zero-order valence-electron chi connectivity index (χ0n) is 13.1. The minimum Gasteiger partial charge on any atom is -0.373 e. The highest BCUT2D eigenvalue weighted by molar-refractivity contribution is 5.39. The van der Waals surface area contributed by atoms with Crippen LogP contribution in [-0.4, -0.2) is 12.7 Å². The smallest absolute Gasteiger partial charge is 0.0723 e. The molecule has 1 heterocycles. The summed E-state index contributed by atoms with van der Waals surface area (Å²) >= 11 is 0. The SMILES string of the molecule is C=C/C=C1/COC(C)C(C)(C)CC(=C)C(C)/C1=C/C. The van der Waals surface area contributed by atoms with E-state index < -0.39 is 0 Å². The van der Waals surface area contributed by atoms with Gasteiger partial charge in [-0.05, 0) is 36.8 Å². The number of hydrogen-bond donors (Lipinski definition) is 0. The molecule has 1 nitrogen and oxygen atoms in total. The van der Waals surface area contributed by atoms with Gasteiger partial charge in [0.1, 0.15) is 0 Å². The number of hydrogen-bond acceptors (Lipinski definition) is 1. The monoisotopic (exact) mass is 260 g/mol. The highest BCUT2D eigenvalue weighted by Crippen LogP contribution is 2.38. The summed E-state index contributed by atoms with van der Waals surface area (Å²) in [5.74, 6) is 0.365. The summed E-state index contributed by atoms with van der Waals surface area (Å²) in [6, 6.07) is 0. The minimum atomic E-state index is 0.119. The first-order valence-corrected chi connectivity index (χ1v) is 7.11. The molecule has 0 aromatic heterocycles. The summed E-state index contributed by atoms with van der Waals surface area (Å²) in [5, 5.41) is 0. The third-order valence-corrected chi connectivity index (χ3v) is 4.35. The molecule has 0 spiro atoms. The summed E-state index contributed by atoms with van der Waals surface area (Å²) in [6.45, 7) is 19.8. The second kappa shape index (κ2) is 6.38. The van der Waals surface area contributed by atoms with Gasteiger partial charge in [0.05, 0.1) is 12.7 Å². The van der Waals surface area contributed by atoms with Crippen molar-refractivity contribution in [3.05, 3.63) is 48.1 Å². The average molecular weight is 260 g/mol. The van der Waals surface area contributed by atoms with Crippen molar-refractivity contribution < 1.29 is 4.74 Å². The summed E-state index contributed by atoms with van der Waals surface area (Å²) < 4.78 is 6.07. The van der Waals surface area contributed by atoms with Crippen molar-refractivity contribution in [1.82, 2.24) is 0 Å². The Morgan fingerprint density at radius 3 is 2.47 bits per heavy atom. The Morgan fingerprint density at radius 1 is 1.32 bits per heavy atom. The topological polar surface area (TPSA) is 9.23 Å². The summed E-state index contributed by atoms with van der Waals surface area (Å²) in [5.41, 5.74) is 3.93. The van der Waals surface area contributed by atoms with Crippen molar-refractivity contribution in [3.63, 3.8) is 0 Å². The predicted molar refractivity (Wildman–Crippen MR) is 84.2 cm³/mol. The molecule has 0 amide bonds. The molecular formula is C18H28O. The van der Waals surface area contributed by atoms with Crippen LogP contribution in [0.1, 0.15) is 41.0 Å². The average Bonchev–Trinajstić information content (AvgIpc) is 2.36. The van der Waals surface area contributed by atoms with Crippen molar-refractivity contribution in [2.75, 3.05) is 6.61 Å². The maximum atomic E-state index is 6.07. The molecule has 1 rings (SSSR count). The van der Waals surface area contributed by atoms with Crippen LogP contribution in [0, 0.1) is 11.3 Å². The molecule has 0 aromatic carbocycles. The van der Waals surface area contributed by atoms with Gasteiger partial charge in [0.15, 0.2) is 0 Å². The Bertz CT molecular complexity index is 409. The molecule has 1 fully saturated rings. The fourth-order valence-corrected chi connectivity index (χ4v) is 2.63. The van der Waals surface area contributed by atoms with Gasteiger partial charge in [0, 0.05) is 5.92 Å². The highest BCUT2D eigenvalue weighted by atomic mass is 16.5. The number of allylic oxidation sites excluding steroid dienone is 4. The summed E-state index contributed by atoms with van der Waals surface area (Å²) in [7, 11) is 0. The maximum Gasteiger partial charge on any atom is 0.0723 e. The van der Waals surface area contributed by atoms with E-state index in [-0.39, 0.29) is 11.5 Å². The molecule has 0 saturated carbocycles. The Labute approximate surface area is 118 Å². The number of rotatable bonds is 1. The molecule has 0 aliphatic carbocycles. The van der Waals surface area contributed by atoms with E-state index in [2.05, 4.69) is 59.9 Å². The van der Waals surface area contributed by atoms with Crippen molar-refractivity contribution in [1.29, 1.82) is 0 Å². The zero-order chi connectivity index (χ0) is 14.6. The molecule has 2 atom stereocenters. The lowest BCUT2D eigenvalue weighted by molar-refractivity contribution is 0.000149. The summed E-state index contributed by atoms with van der Waals surface area (Å²) in [4.78, 5) is 0. The Hall–Kier alpha value is -1.08. The van der Waals surface area contributed by atoms with Crippen LogP contribution in [0.25, 0.3) is 0 Å². The maximum absolute atomic E-state index is 6.07. The van der Waals surface area contributed by atoms with Gasteiger partial charge in [-0.2, -0.15) is 0 Å². The van der Waals surface area contributed by atoms with Gasteiger partial charge in [-0.3, -0.25) is 0 Å². The standard InChI is InChI=1S/C18H28O/c1-8-10-16-12-19-15(5)18(6,7)11-13(3)14(4)17(16)9-2/h8-10,14-15H,1,3,11-12H2,2,4-7H3/b16-10-,17-9-.